The van der Waals surface area contributed by atoms with Gasteiger partial charge in [-0.1, -0.05) is 6.07 Å². The maximum absolute atomic E-state index is 12.8. The van der Waals surface area contributed by atoms with Crippen LogP contribution in [0.15, 0.2) is 36.9 Å². The lowest BCUT2D eigenvalue weighted by Crippen LogP contribution is -2.27. The SMILES string of the molecule is CC(=O)N1CCc2ccc(NC(=O)c3cnc(C(C)NC(=O)c4ncnc5c4cnn5C)s3)cc21. The molecule has 0 aliphatic carbocycles. The molecular formula is C23H22N8O3S. The maximum atomic E-state index is 12.8. The zero-order chi connectivity index (χ0) is 24.7. The van der Waals surface area contributed by atoms with Crippen molar-refractivity contribution >= 4 is 51.5 Å². The number of aromatic nitrogens is 5. The van der Waals surface area contributed by atoms with Gasteiger partial charge in [-0.15, -0.1) is 11.3 Å². The van der Waals surface area contributed by atoms with Crippen molar-refractivity contribution in [2.45, 2.75) is 26.3 Å². The summed E-state index contributed by atoms with van der Waals surface area (Å²) in [6.07, 6.45) is 5.16. The Kier molecular flexibility index (Phi) is 5.73. The minimum atomic E-state index is -0.445. The summed E-state index contributed by atoms with van der Waals surface area (Å²) in [5, 5.41) is 11.0. The number of nitrogens with one attached hydrogen (secondary N) is 2. The molecule has 0 spiro atoms. The Bertz CT molecular complexity index is 1480. The molecule has 0 radical (unpaired) electrons. The molecule has 0 saturated carbocycles. The highest BCUT2D eigenvalue weighted by atomic mass is 32.1. The number of nitrogens with zero attached hydrogens (tertiary/aromatic N) is 6. The standard InChI is InChI=1S/C23H22N8O3S/c1-12(28-22(34)19-16-9-27-30(3)20(16)26-11-25-19)23-24-10-18(35-23)21(33)29-15-5-4-14-6-7-31(13(2)32)17(14)8-15/h4-5,8-12H,6-7H2,1-3H3,(H,28,34)(H,29,33). The fraction of sp³-hybridized carbons (Fsp3) is 0.261. The molecule has 11 nitrogen and oxygen atoms in total. The molecular weight excluding hydrogens is 468 g/mol. The third-order valence-electron chi connectivity index (χ3n) is 5.83. The number of rotatable bonds is 5. The van der Waals surface area contributed by atoms with Crippen molar-refractivity contribution in [3.8, 4) is 0 Å². The highest BCUT2D eigenvalue weighted by Gasteiger charge is 2.24. The number of benzene rings is 1. The van der Waals surface area contributed by atoms with E-state index >= 15 is 0 Å². The lowest BCUT2D eigenvalue weighted by molar-refractivity contribution is -0.116. The van der Waals surface area contributed by atoms with Crippen LogP contribution in [-0.4, -0.2) is 49.0 Å². The van der Waals surface area contributed by atoms with Crippen molar-refractivity contribution in [3.63, 3.8) is 0 Å². The number of carbonyl (C=O) groups excluding carboxylic acids is 3. The number of fused-ring (bicyclic) bond motifs is 2. The van der Waals surface area contributed by atoms with Gasteiger partial charge in [0.05, 0.1) is 23.8 Å². The first-order valence-electron chi connectivity index (χ1n) is 10.9. The minimum Gasteiger partial charge on any atom is -0.342 e. The van der Waals surface area contributed by atoms with Crippen LogP contribution in [0.25, 0.3) is 11.0 Å². The number of aryl methyl sites for hydroxylation is 1. The fourth-order valence-corrected chi connectivity index (χ4v) is 4.85. The van der Waals surface area contributed by atoms with Gasteiger partial charge in [-0.3, -0.25) is 19.1 Å². The van der Waals surface area contributed by atoms with E-state index < -0.39 is 6.04 Å². The van der Waals surface area contributed by atoms with Gasteiger partial charge in [0.15, 0.2) is 5.65 Å². The number of hydrogen-bond donors (Lipinski definition) is 2. The molecule has 0 fully saturated rings. The van der Waals surface area contributed by atoms with Crippen LogP contribution >= 0.6 is 11.3 Å². The van der Waals surface area contributed by atoms with E-state index in [1.54, 1.807) is 29.7 Å². The molecule has 3 aromatic heterocycles. The molecule has 2 N–H and O–H groups in total. The number of amides is 3. The van der Waals surface area contributed by atoms with Gasteiger partial charge < -0.3 is 15.5 Å². The van der Waals surface area contributed by atoms with Gasteiger partial charge in [-0.05, 0) is 31.0 Å². The van der Waals surface area contributed by atoms with Crippen molar-refractivity contribution in [2.24, 2.45) is 7.05 Å². The first-order chi connectivity index (χ1) is 16.8. The van der Waals surface area contributed by atoms with Crippen molar-refractivity contribution < 1.29 is 14.4 Å². The summed E-state index contributed by atoms with van der Waals surface area (Å²) >= 11 is 1.19. The van der Waals surface area contributed by atoms with Crippen molar-refractivity contribution in [1.82, 2.24) is 30.0 Å². The van der Waals surface area contributed by atoms with Crippen LogP contribution in [0.4, 0.5) is 11.4 Å². The summed E-state index contributed by atoms with van der Waals surface area (Å²) in [4.78, 5) is 52.2. The average molecular weight is 491 g/mol. The summed E-state index contributed by atoms with van der Waals surface area (Å²) in [5.41, 5.74) is 3.28. The topological polar surface area (TPSA) is 135 Å². The van der Waals surface area contributed by atoms with Gasteiger partial charge in [-0.25, -0.2) is 15.0 Å². The average Bonchev–Trinajstić information content (AvgIpc) is 3.57. The molecule has 0 saturated heterocycles. The molecule has 1 unspecified atom stereocenters. The monoisotopic (exact) mass is 490 g/mol. The van der Waals surface area contributed by atoms with Crippen molar-refractivity contribution in [2.75, 3.05) is 16.8 Å². The first-order valence-corrected chi connectivity index (χ1v) is 11.7. The molecule has 178 valence electrons. The number of hydrogen-bond acceptors (Lipinski definition) is 8. The number of anilines is 2. The zero-order valence-corrected chi connectivity index (χ0v) is 20.1. The highest BCUT2D eigenvalue weighted by Crippen LogP contribution is 2.31. The van der Waals surface area contributed by atoms with Gasteiger partial charge >= 0.3 is 0 Å². The second-order valence-corrected chi connectivity index (χ2v) is 9.27. The summed E-state index contributed by atoms with van der Waals surface area (Å²) in [5.74, 6) is -0.721. The number of carbonyl (C=O) groups is 3. The van der Waals surface area contributed by atoms with Crippen LogP contribution in [0.2, 0.25) is 0 Å². The summed E-state index contributed by atoms with van der Waals surface area (Å²) in [6.45, 7) is 3.96. The van der Waals surface area contributed by atoms with Crippen LogP contribution in [0.3, 0.4) is 0 Å². The molecule has 0 bridgehead atoms. The summed E-state index contributed by atoms with van der Waals surface area (Å²) < 4.78 is 1.57. The van der Waals surface area contributed by atoms with Crippen LogP contribution < -0.4 is 15.5 Å². The molecule has 12 heteroatoms. The molecule has 1 aromatic carbocycles. The molecule has 5 rings (SSSR count). The largest absolute Gasteiger partial charge is 0.342 e. The van der Waals surface area contributed by atoms with Gasteiger partial charge in [0, 0.05) is 31.9 Å². The molecule has 4 aromatic rings. The lowest BCUT2D eigenvalue weighted by Gasteiger charge is -2.15. The summed E-state index contributed by atoms with van der Waals surface area (Å²) in [7, 11) is 1.74. The van der Waals surface area contributed by atoms with Crippen LogP contribution in [-0.2, 0) is 18.3 Å². The molecule has 35 heavy (non-hydrogen) atoms. The minimum absolute atomic E-state index is 0.0263. The van der Waals surface area contributed by atoms with E-state index in [1.807, 2.05) is 18.2 Å². The van der Waals surface area contributed by atoms with E-state index in [9.17, 15) is 14.4 Å². The Morgan fingerprint density at radius 3 is 2.74 bits per heavy atom. The smallest absolute Gasteiger partial charge is 0.271 e. The Labute approximate surface area is 204 Å². The first kappa shape index (κ1) is 22.6. The molecule has 3 amide bonds. The zero-order valence-electron chi connectivity index (χ0n) is 19.3. The van der Waals surface area contributed by atoms with E-state index in [4.69, 9.17) is 0 Å². The Morgan fingerprint density at radius 1 is 1.11 bits per heavy atom. The molecule has 1 aliphatic heterocycles. The van der Waals surface area contributed by atoms with Crippen LogP contribution in [0.1, 0.15) is 50.6 Å². The Hall–Kier alpha value is -4.19. The van der Waals surface area contributed by atoms with E-state index in [0.717, 1.165) is 17.7 Å². The van der Waals surface area contributed by atoms with E-state index in [1.165, 1.54) is 30.8 Å². The molecule has 1 aliphatic rings. The van der Waals surface area contributed by atoms with Gasteiger partial charge in [-0.2, -0.15) is 5.10 Å². The van der Waals surface area contributed by atoms with Gasteiger partial charge in [0.2, 0.25) is 5.91 Å². The highest BCUT2D eigenvalue weighted by molar-refractivity contribution is 7.13. The number of thiazole rings is 1. The summed E-state index contributed by atoms with van der Waals surface area (Å²) in [6, 6.07) is 5.12. The Morgan fingerprint density at radius 2 is 1.94 bits per heavy atom. The molecule has 4 heterocycles. The quantitative estimate of drug-likeness (QED) is 0.439. The lowest BCUT2D eigenvalue weighted by atomic mass is 10.1. The predicted octanol–water partition coefficient (Wildman–Crippen LogP) is 2.47. The second-order valence-electron chi connectivity index (χ2n) is 8.20. The second kappa shape index (κ2) is 8.87. The van der Waals surface area contributed by atoms with Crippen LogP contribution in [0, 0.1) is 0 Å². The van der Waals surface area contributed by atoms with Crippen LogP contribution in [0.5, 0.6) is 0 Å². The maximum Gasteiger partial charge on any atom is 0.271 e. The van der Waals surface area contributed by atoms with E-state index in [-0.39, 0.29) is 23.4 Å². The third-order valence-corrected chi connectivity index (χ3v) is 7.01. The van der Waals surface area contributed by atoms with Crippen molar-refractivity contribution in [3.05, 3.63) is 58.1 Å². The van der Waals surface area contributed by atoms with Crippen molar-refractivity contribution in [1.29, 1.82) is 0 Å². The van der Waals surface area contributed by atoms with Gasteiger partial charge in [0.25, 0.3) is 11.8 Å². The normalized spacial score (nSPS) is 13.5. The van der Waals surface area contributed by atoms with E-state index in [0.29, 0.717) is 33.2 Å². The van der Waals surface area contributed by atoms with Gasteiger partial charge in [0.1, 0.15) is 21.9 Å². The predicted molar refractivity (Wildman–Crippen MR) is 130 cm³/mol. The van der Waals surface area contributed by atoms with E-state index in [2.05, 4.69) is 30.7 Å². The third kappa shape index (κ3) is 4.23. The Balaban J connectivity index is 1.27. The molecule has 1 atom stereocenters. The fourth-order valence-electron chi connectivity index (χ4n) is 4.04.